The zero-order valence-electron chi connectivity index (χ0n) is 5.54. The van der Waals surface area contributed by atoms with Crippen molar-refractivity contribution in [3.05, 3.63) is 45.5 Å². The molecule has 0 unspecified atom stereocenters. The van der Waals surface area contributed by atoms with Gasteiger partial charge in [0, 0.05) is 24.1 Å². The minimum atomic E-state index is 0. The van der Waals surface area contributed by atoms with Gasteiger partial charge >= 0.3 is 6.61 Å². The maximum Gasteiger partial charge on any atom is 0.328 e. The molecule has 0 aromatic heterocycles. The minimum Gasteiger partial charge on any atom is -0.183 e. The molecule has 1 rings (SSSR count). The third-order valence-corrected chi connectivity index (χ3v) is 0.997. The Morgan fingerprint density at radius 2 is 2.40 bits per heavy atom. The van der Waals surface area contributed by atoms with Crippen LogP contribution < -0.4 is 0 Å². The summed E-state index contributed by atoms with van der Waals surface area (Å²) in [6.07, 6.45) is 0. The first-order valence-electron chi connectivity index (χ1n) is 2.63. The van der Waals surface area contributed by atoms with Crippen LogP contribution in [0.5, 0.6) is 0 Å². The Morgan fingerprint density at radius 1 is 1.60 bits per heavy atom. The third-order valence-electron chi connectivity index (χ3n) is 0.997. The Morgan fingerprint density at radius 3 is 2.90 bits per heavy atom. The van der Waals surface area contributed by atoms with Gasteiger partial charge < -0.3 is 0 Å². The van der Waals surface area contributed by atoms with Gasteiger partial charge in [-0.15, -0.1) is 0 Å². The maximum atomic E-state index is 9.59. The van der Waals surface area contributed by atoms with Crippen LogP contribution in [-0.4, -0.2) is 0 Å². The second-order valence-electron chi connectivity index (χ2n) is 1.67. The molecule has 0 saturated carbocycles. The Balaban J connectivity index is 0.000000810. The summed E-state index contributed by atoms with van der Waals surface area (Å²) in [5, 5.41) is 0. The largest absolute Gasteiger partial charge is 0.328 e. The first-order valence-corrected chi connectivity index (χ1v) is 2.63. The molecule has 1 aromatic rings. The zero-order chi connectivity index (χ0) is 6.53. The van der Waals surface area contributed by atoms with Crippen molar-refractivity contribution < 1.29 is 19.5 Å². The SMILES string of the molecule is O=[O+]Cc1c[c-]ccc1.[Zn]. The third kappa shape index (κ3) is 2.83. The molecule has 0 bridgehead atoms. The van der Waals surface area contributed by atoms with Gasteiger partial charge in [0.15, 0.2) is 0 Å². The zero-order valence-corrected chi connectivity index (χ0v) is 8.51. The summed E-state index contributed by atoms with van der Waals surface area (Å²) in [4.78, 5) is 9.59. The van der Waals surface area contributed by atoms with Crippen LogP contribution in [0.25, 0.3) is 0 Å². The molecule has 0 aliphatic heterocycles. The Hall–Kier alpha value is -0.557. The average Bonchev–Trinajstić information content (AvgIpc) is 1.91. The van der Waals surface area contributed by atoms with Crippen LogP contribution in [0.1, 0.15) is 5.56 Å². The number of rotatable bonds is 2. The fraction of sp³-hybridized carbons (Fsp3) is 0.143. The molecule has 0 fully saturated rings. The molecule has 0 saturated heterocycles. The minimum absolute atomic E-state index is 0. The molecule has 1 aromatic carbocycles. The van der Waals surface area contributed by atoms with Gasteiger partial charge in [0.25, 0.3) is 0 Å². The van der Waals surface area contributed by atoms with Crippen molar-refractivity contribution in [3.63, 3.8) is 0 Å². The number of benzene rings is 1. The van der Waals surface area contributed by atoms with Crippen LogP contribution in [0.3, 0.4) is 0 Å². The molecule has 0 spiro atoms. The molecule has 0 aliphatic rings. The van der Waals surface area contributed by atoms with E-state index in [9.17, 15) is 4.96 Å². The molecule has 0 radical (unpaired) electrons. The average molecular weight is 188 g/mol. The molecule has 48 valence electrons. The van der Waals surface area contributed by atoms with Crippen molar-refractivity contribution in [2.24, 2.45) is 0 Å². The van der Waals surface area contributed by atoms with E-state index in [2.05, 4.69) is 10.7 Å². The molecule has 2 nitrogen and oxygen atoms in total. The monoisotopic (exact) mass is 186 g/mol. The van der Waals surface area contributed by atoms with Gasteiger partial charge in [-0.25, -0.2) is 0 Å². The number of hydrogen-bond donors (Lipinski definition) is 0. The normalized spacial score (nSPS) is 8.00. The van der Waals surface area contributed by atoms with E-state index in [0.717, 1.165) is 5.56 Å². The second kappa shape index (κ2) is 5.25. The van der Waals surface area contributed by atoms with Gasteiger partial charge in [-0.1, -0.05) is 5.56 Å². The Bertz CT molecular complexity index is 186. The standard InChI is InChI=1S/C7H6O2.Zn/c8-9-6-7-4-2-1-3-5-7;/h1-2,4-5H,6H2;. The molecule has 0 amide bonds. The van der Waals surface area contributed by atoms with Gasteiger partial charge in [-0.2, -0.15) is 30.3 Å². The van der Waals surface area contributed by atoms with Crippen LogP contribution in [0, 0.1) is 15.6 Å². The molecule has 0 heterocycles. The van der Waals surface area contributed by atoms with Crippen molar-refractivity contribution >= 4 is 0 Å². The fourth-order valence-electron chi connectivity index (χ4n) is 0.588. The molecule has 3 heteroatoms. The summed E-state index contributed by atoms with van der Waals surface area (Å²) >= 11 is 0. The summed E-state index contributed by atoms with van der Waals surface area (Å²) in [6.45, 7) is 0.122. The van der Waals surface area contributed by atoms with Gasteiger partial charge in [0.2, 0.25) is 4.96 Å². The quantitative estimate of drug-likeness (QED) is 0.393. The van der Waals surface area contributed by atoms with Gasteiger partial charge in [0.1, 0.15) is 0 Å². The van der Waals surface area contributed by atoms with Crippen LogP contribution in [0.2, 0.25) is 0 Å². The smallest absolute Gasteiger partial charge is 0.183 e. The fourth-order valence-corrected chi connectivity index (χ4v) is 0.588. The molecule has 0 aliphatic carbocycles. The first kappa shape index (κ1) is 9.44. The molecule has 10 heavy (non-hydrogen) atoms. The van der Waals surface area contributed by atoms with E-state index >= 15 is 0 Å². The van der Waals surface area contributed by atoms with Gasteiger partial charge in [0.05, 0.1) is 0 Å². The van der Waals surface area contributed by atoms with E-state index in [1.165, 1.54) is 0 Å². The second-order valence-corrected chi connectivity index (χ2v) is 1.67. The van der Waals surface area contributed by atoms with E-state index in [-0.39, 0.29) is 26.1 Å². The van der Waals surface area contributed by atoms with Crippen molar-refractivity contribution in [2.75, 3.05) is 0 Å². The van der Waals surface area contributed by atoms with E-state index in [4.69, 9.17) is 0 Å². The Labute approximate surface area is 71.9 Å². The van der Waals surface area contributed by atoms with Crippen LogP contribution >= 0.6 is 0 Å². The predicted molar refractivity (Wildman–Crippen MR) is 35.7 cm³/mol. The summed E-state index contributed by atoms with van der Waals surface area (Å²) < 4.78 is 3.66. The van der Waals surface area contributed by atoms with E-state index in [0.29, 0.717) is 0 Å². The van der Waals surface area contributed by atoms with Crippen molar-refractivity contribution in [2.45, 2.75) is 6.61 Å². The molecular weight excluding hydrogens is 181 g/mol. The Kier molecular flexibility index (Phi) is 4.95. The topological polar surface area (TPSA) is 28.4 Å². The van der Waals surface area contributed by atoms with E-state index < -0.39 is 0 Å². The van der Waals surface area contributed by atoms with Gasteiger partial charge in [-0.05, 0) is 0 Å². The summed E-state index contributed by atoms with van der Waals surface area (Å²) in [5.74, 6) is 0. The maximum absolute atomic E-state index is 9.59. The molecule has 0 atom stereocenters. The first-order chi connectivity index (χ1) is 4.43. The molecular formula is C7H6O2Zn. The summed E-state index contributed by atoms with van der Waals surface area (Å²) in [5.41, 5.74) is 0.854. The van der Waals surface area contributed by atoms with Gasteiger partial charge in [-0.3, -0.25) is 0 Å². The molecule has 0 N–H and O–H groups in total. The van der Waals surface area contributed by atoms with Crippen molar-refractivity contribution in [1.29, 1.82) is 0 Å². The van der Waals surface area contributed by atoms with Crippen LogP contribution in [-0.2, 0) is 26.1 Å². The van der Waals surface area contributed by atoms with Crippen molar-refractivity contribution in [3.8, 4) is 0 Å². The predicted octanol–water partition coefficient (Wildman–Crippen LogP) is 1.60. The van der Waals surface area contributed by atoms with E-state index in [1.807, 2.05) is 12.1 Å². The van der Waals surface area contributed by atoms with Crippen molar-refractivity contribution in [1.82, 2.24) is 0 Å². The van der Waals surface area contributed by atoms with E-state index in [1.54, 1.807) is 12.1 Å². The van der Waals surface area contributed by atoms with Crippen LogP contribution in [0.4, 0.5) is 0 Å². The van der Waals surface area contributed by atoms with Crippen LogP contribution in [0.15, 0.2) is 24.3 Å². The number of hydrogen-bond acceptors (Lipinski definition) is 1. The summed E-state index contributed by atoms with van der Waals surface area (Å²) in [6, 6.07) is 9.95. The summed E-state index contributed by atoms with van der Waals surface area (Å²) in [7, 11) is 0.